The molecule has 0 saturated carbocycles. The summed E-state index contributed by atoms with van der Waals surface area (Å²) >= 11 is 8.23. The Hall–Kier alpha value is -3.30. The summed E-state index contributed by atoms with van der Waals surface area (Å²) in [6, 6.07) is 2.45. The van der Waals surface area contributed by atoms with E-state index < -0.39 is 72.7 Å². The van der Waals surface area contributed by atoms with Gasteiger partial charge in [-0.15, -0.1) is 0 Å². The lowest BCUT2D eigenvalue weighted by atomic mass is 9.83. The van der Waals surface area contributed by atoms with Crippen LogP contribution in [0.3, 0.4) is 0 Å². The van der Waals surface area contributed by atoms with Crippen molar-refractivity contribution in [1.29, 1.82) is 0 Å². The molecular weight excluding hydrogens is 702 g/mol. The van der Waals surface area contributed by atoms with Crippen molar-refractivity contribution in [3.8, 4) is 5.75 Å². The second-order valence-electron chi connectivity index (χ2n) is 13.5. The Bertz CT molecular complexity index is 1660. The molecule has 282 valence electrons. The van der Waals surface area contributed by atoms with E-state index in [-0.39, 0.29) is 30.2 Å². The van der Waals surface area contributed by atoms with Gasteiger partial charge in [0.2, 0.25) is 11.8 Å². The van der Waals surface area contributed by atoms with Crippen LogP contribution in [0.5, 0.6) is 5.75 Å². The van der Waals surface area contributed by atoms with Gasteiger partial charge in [-0.05, 0) is 51.1 Å². The highest BCUT2D eigenvalue weighted by Gasteiger charge is 2.64. The number of likely N-dealkylation sites (N-methyl/N-ethyl adjacent to an activating group) is 1. The van der Waals surface area contributed by atoms with Crippen LogP contribution in [-0.2, 0) is 39.8 Å². The fourth-order valence-corrected chi connectivity index (χ4v) is 7.14. The fraction of sp³-hybridized carbons (Fsp3) is 0.611. The average Bonchev–Trinajstić information content (AvgIpc) is 3.79. The molecule has 4 bridgehead atoms. The molecule has 3 aliphatic rings. The fourth-order valence-electron chi connectivity index (χ4n) is 6.45. The molecule has 3 amide bonds. The van der Waals surface area contributed by atoms with Gasteiger partial charge < -0.3 is 38.6 Å². The zero-order valence-electron chi connectivity index (χ0n) is 33.2. The maximum Gasteiger partial charge on any atom is 0.409 e. The number of epoxide rings is 1. The SMILES string of the molecule is [2H]C([2H])([2H])O[C@@H]1/C=C/C=C(\C)Cc2cc(OC)c(Cl)c(c2)N(C)C(=O)C[C@H](OC(=O)[C@H](C)N(C)C(=O)CCSC)[C@]2(C)O[C@H]2[C@H](C)[C@@H]2C[C@@]1(O)NC(=O)O2. The monoisotopic (exact) mass is 754 g/mol. The topological polar surface area (TPSA) is 156 Å². The van der Waals surface area contributed by atoms with E-state index in [1.807, 2.05) is 13.2 Å². The van der Waals surface area contributed by atoms with Gasteiger partial charge >= 0.3 is 12.1 Å². The molecule has 51 heavy (non-hydrogen) atoms. The second kappa shape index (κ2) is 16.6. The number of fused-ring (bicyclic) bond motifs is 5. The highest BCUT2D eigenvalue weighted by molar-refractivity contribution is 7.98. The molecule has 0 aromatic heterocycles. The number of nitrogens with zero attached hydrogens (tertiary/aromatic N) is 2. The van der Waals surface area contributed by atoms with Crippen molar-refractivity contribution in [1.82, 2.24) is 10.2 Å². The molecule has 2 saturated heterocycles. The number of hydrogen-bond donors (Lipinski definition) is 2. The summed E-state index contributed by atoms with van der Waals surface area (Å²) in [6.45, 7) is 6.71. The van der Waals surface area contributed by atoms with Crippen molar-refractivity contribution >= 4 is 52.9 Å². The van der Waals surface area contributed by atoms with E-state index in [9.17, 15) is 24.3 Å². The number of carbonyl (C=O) groups is 4. The summed E-state index contributed by atoms with van der Waals surface area (Å²) in [4.78, 5) is 56.1. The molecule has 3 heterocycles. The lowest BCUT2D eigenvalue weighted by Gasteiger charge is -2.42. The number of nitrogens with one attached hydrogen (secondary N) is 1. The summed E-state index contributed by atoms with van der Waals surface area (Å²) in [5.74, 6) is -1.29. The number of carbonyl (C=O) groups excluding carboxylic acids is 4. The van der Waals surface area contributed by atoms with E-state index in [1.54, 1.807) is 32.1 Å². The number of thioether (sulfide) groups is 1. The van der Waals surface area contributed by atoms with Gasteiger partial charge in [0.25, 0.3) is 0 Å². The number of halogens is 1. The van der Waals surface area contributed by atoms with Crippen LogP contribution >= 0.6 is 23.4 Å². The van der Waals surface area contributed by atoms with E-state index in [2.05, 4.69) is 5.32 Å². The lowest BCUT2D eigenvalue weighted by molar-refractivity contribution is -0.161. The minimum Gasteiger partial charge on any atom is -0.495 e. The minimum absolute atomic E-state index is 0.178. The van der Waals surface area contributed by atoms with Crippen LogP contribution in [0.1, 0.15) is 56.6 Å². The Morgan fingerprint density at radius 2 is 2.06 bits per heavy atom. The predicted molar refractivity (Wildman–Crippen MR) is 194 cm³/mol. The van der Waals surface area contributed by atoms with Gasteiger partial charge in [0.15, 0.2) is 5.72 Å². The van der Waals surface area contributed by atoms with Crippen molar-refractivity contribution in [2.24, 2.45) is 5.92 Å². The standard InChI is InChI=1S/C36H50ClN3O10S/c1-20-11-10-12-27(47-8)36(45)19-26(48-34(44)38-36)21(2)32-35(4,50-32)28(49-33(43)22(3)39(5)29(41)13-14-51-9)18-30(42)40(6)24-16-23(15-20)17-25(46-7)31(24)37/h10-12,16-17,21-22,26-28,32,45H,13-15,18-19H2,1-9H3,(H,38,44)/b12-10+,20-11+/t21-,22+,26+,27-,28+,32+,35+,36+/m1/s1/i8D3. The van der Waals surface area contributed by atoms with Crippen LogP contribution in [-0.4, -0.2) is 116 Å². The van der Waals surface area contributed by atoms with Crippen molar-refractivity contribution in [2.45, 2.75) is 95.2 Å². The quantitative estimate of drug-likeness (QED) is 0.289. The number of hydrogen-bond acceptors (Lipinski definition) is 11. The predicted octanol–water partition coefficient (Wildman–Crippen LogP) is 4.27. The van der Waals surface area contributed by atoms with Crippen molar-refractivity contribution in [3.63, 3.8) is 0 Å². The molecule has 0 radical (unpaired) electrons. The maximum atomic E-state index is 14.1. The Kier molecular flexibility index (Phi) is 11.7. The molecule has 0 aliphatic carbocycles. The molecule has 15 heteroatoms. The molecule has 0 spiro atoms. The van der Waals surface area contributed by atoms with Gasteiger partial charge in [0, 0.05) is 45.6 Å². The number of amides is 3. The number of alkyl carbamates (subject to hydrolysis) is 1. The van der Waals surface area contributed by atoms with Crippen molar-refractivity contribution < 1.29 is 52.1 Å². The van der Waals surface area contributed by atoms with Crippen LogP contribution in [0.2, 0.25) is 5.02 Å². The van der Waals surface area contributed by atoms with E-state index in [0.717, 1.165) is 11.1 Å². The Balaban J connectivity index is 1.79. The largest absolute Gasteiger partial charge is 0.495 e. The summed E-state index contributed by atoms with van der Waals surface area (Å²) in [7, 11) is 1.54. The van der Waals surface area contributed by atoms with Crippen LogP contribution in [0.15, 0.2) is 35.9 Å². The Labute approximate surface area is 313 Å². The third-order valence-corrected chi connectivity index (χ3v) is 10.9. The summed E-state index contributed by atoms with van der Waals surface area (Å²) in [5, 5.41) is 14.3. The van der Waals surface area contributed by atoms with Crippen LogP contribution in [0.4, 0.5) is 10.5 Å². The minimum atomic E-state index is -2.95. The number of benzene rings is 1. The zero-order chi connectivity index (χ0) is 40.3. The number of allylic oxidation sites excluding steroid dienone is 3. The second-order valence-corrected chi connectivity index (χ2v) is 14.9. The van der Waals surface area contributed by atoms with E-state index in [1.165, 1.54) is 61.8 Å². The molecule has 4 rings (SSSR count). The summed E-state index contributed by atoms with van der Waals surface area (Å²) in [5.41, 5.74) is -1.68. The molecule has 8 atom stereocenters. The molecule has 2 fully saturated rings. The number of esters is 1. The maximum absolute atomic E-state index is 14.1. The molecule has 1 aromatic carbocycles. The third kappa shape index (κ3) is 9.02. The summed E-state index contributed by atoms with van der Waals surface area (Å²) < 4.78 is 52.0. The average molecular weight is 755 g/mol. The van der Waals surface area contributed by atoms with Crippen LogP contribution < -0.4 is 15.0 Å². The first kappa shape index (κ1) is 36.1. The van der Waals surface area contributed by atoms with Gasteiger partial charge in [-0.1, -0.05) is 42.3 Å². The molecule has 13 nitrogen and oxygen atoms in total. The lowest BCUT2D eigenvalue weighted by Crippen LogP contribution is -2.63. The van der Waals surface area contributed by atoms with Crippen LogP contribution in [0, 0.1) is 5.92 Å². The zero-order valence-corrected chi connectivity index (χ0v) is 31.8. The smallest absolute Gasteiger partial charge is 0.409 e. The van der Waals surface area contributed by atoms with Crippen molar-refractivity contribution in [2.75, 3.05) is 45.2 Å². The van der Waals surface area contributed by atoms with Gasteiger partial charge in [0.05, 0.1) is 29.4 Å². The molecule has 1 aromatic rings. The molecule has 3 aliphatic heterocycles. The van der Waals surface area contributed by atoms with Gasteiger partial charge in [-0.2, -0.15) is 11.8 Å². The number of anilines is 1. The van der Waals surface area contributed by atoms with Gasteiger partial charge in [-0.25, -0.2) is 9.59 Å². The first-order chi connectivity index (χ1) is 25.1. The Morgan fingerprint density at radius 1 is 1.33 bits per heavy atom. The number of rotatable bonds is 8. The molecule has 0 unspecified atom stereocenters. The van der Waals surface area contributed by atoms with Crippen molar-refractivity contribution in [3.05, 3.63) is 46.5 Å². The number of aliphatic hydroxyl groups is 1. The highest BCUT2D eigenvalue weighted by atomic mass is 35.5. The number of methoxy groups -OCH3 is 2. The van der Waals surface area contributed by atoms with E-state index in [4.69, 9.17) is 39.4 Å². The first-order valence-electron chi connectivity index (χ1n) is 18.1. The third-order valence-electron chi connectivity index (χ3n) is 9.92. The van der Waals surface area contributed by atoms with E-state index >= 15 is 0 Å². The molecule has 2 N–H and O–H groups in total. The first-order valence-corrected chi connectivity index (χ1v) is 18.4. The van der Waals surface area contributed by atoms with Gasteiger partial charge in [0.1, 0.15) is 40.7 Å². The van der Waals surface area contributed by atoms with Crippen LogP contribution in [0.25, 0.3) is 0 Å². The van der Waals surface area contributed by atoms with Gasteiger partial charge in [-0.3, -0.25) is 14.9 Å². The number of ether oxygens (including phenoxy) is 5. The highest BCUT2D eigenvalue weighted by Crippen LogP contribution is 2.49. The van der Waals surface area contributed by atoms with E-state index in [0.29, 0.717) is 23.6 Å². The normalized spacial score (nSPS) is 33.1. The molecular formula is C36H50ClN3O10S. The summed E-state index contributed by atoms with van der Waals surface area (Å²) in [6.07, 6.45) is 0.766. The Morgan fingerprint density at radius 3 is 2.73 bits per heavy atom.